The fourth-order valence-electron chi connectivity index (χ4n) is 1.39. The van der Waals surface area contributed by atoms with Crippen molar-refractivity contribution in [3.63, 3.8) is 0 Å². The van der Waals surface area contributed by atoms with E-state index in [0.29, 0.717) is 12.5 Å². The van der Waals surface area contributed by atoms with E-state index < -0.39 is 0 Å². The molecule has 0 fully saturated rings. The van der Waals surface area contributed by atoms with Gasteiger partial charge in [-0.2, -0.15) is 0 Å². The monoisotopic (exact) mass is 241 g/mol. The Morgan fingerprint density at radius 3 is 2.88 bits per heavy atom. The third kappa shape index (κ3) is 4.33. The zero-order valence-electron chi connectivity index (χ0n) is 9.82. The molecule has 0 spiro atoms. The van der Waals surface area contributed by atoms with E-state index in [1.54, 1.807) is 0 Å². The van der Waals surface area contributed by atoms with Crippen LogP contribution < -0.4 is 5.32 Å². The molecular weight excluding hydrogens is 222 g/mol. The maximum atomic E-state index is 11.6. The molecule has 16 heavy (non-hydrogen) atoms. The Kier molecular flexibility index (Phi) is 5.49. The number of hydrogen-bond acceptors (Lipinski definition) is 3. The molecule has 0 saturated carbocycles. The van der Waals surface area contributed by atoms with Gasteiger partial charge in [-0.25, -0.2) is 0 Å². The summed E-state index contributed by atoms with van der Waals surface area (Å²) in [7, 11) is 0. The highest BCUT2D eigenvalue weighted by Gasteiger charge is 2.07. The van der Waals surface area contributed by atoms with Gasteiger partial charge in [0.25, 0.3) is 5.91 Å². The van der Waals surface area contributed by atoms with Crippen LogP contribution in [-0.2, 0) is 0 Å². The molecule has 0 aliphatic rings. The van der Waals surface area contributed by atoms with Crippen LogP contribution in [0.4, 0.5) is 0 Å². The highest BCUT2D eigenvalue weighted by molar-refractivity contribution is 7.13. The molecule has 0 bridgehead atoms. The SMILES string of the molecule is Cc1ccc(C(=O)NCCCC(C)CO)s1. The molecule has 0 aromatic carbocycles. The summed E-state index contributed by atoms with van der Waals surface area (Å²) in [4.78, 5) is 13.5. The number of nitrogens with one attached hydrogen (secondary N) is 1. The van der Waals surface area contributed by atoms with E-state index in [0.717, 1.165) is 22.6 Å². The highest BCUT2D eigenvalue weighted by Crippen LogP contribution is 2.14. The summed E-state index contributed by atoms with van der Waals surface area (Å²) in [6, 6.07) is 3.80. The average molecular weight is 241 g/mol. The van der Waals surface area contributed by atoms with Crippen LogP contribution in [-0.4, -0.2) is 24.2 Å². The lowest BCUT2D eigenvalue weighted by Crippen LogP contribution is -2.24. The normalized spacial score (nSPS) is 12.4. The predicted molar refractivity (Wildman–Crippen MR) is 66.9 cm³/mol. The van der Waals surface area contributed by atoms with Gasteiger partial charge in [0.1, 0.15) is 0 Å². The second-order valence-corrected chi connectivity index (χ2v) is 5.38. The first-order chi connectivity index (χ1) is 7.63. The lowest BCUT2D eigenvalue weighted by molar-refractivity contribution is 0.0956. The fraction of sp³-hybridized carbons (Fsp3) is 0.583. The standard InChI is InChI=1S/C12H19NO2S/c1-9(8-14)4-3-7-13-12(15)11-6-5-10(2)16-11/h5-6,9,14H,3-4,7-8H2,1-2H3,(H,13,15). The number of rotatable bonds is 6. The number of carbonyl (C=O) groups excluding carboxylic acids is 1. The van der Waals surface area contributed by atoms with Crippen molar-refractivity contribution in [1.29, 1.82) is 0 Å². The van der Waals surface area contributed by atoms with Crippen LogP contribution in [0.25, 0.3) is 0 Å². The Hall–Kier alpha value is -0.870. The molecule has 1 aromatic heterocycles. The Bertz CT molecular complexity index is 336. The van der Waals surface area contributed by atoms with Gasteiger partial charge in [0, 0.05) is 18.0 Å². The van der Waals surface area contributed by atoms with Crippen molar-refractivity contribution in [2.75, 3.05) is 13.2 Å². The summed E-state index contributed by atoms with van der Waals surface area (Å²) in [6.07, 6.45) is 1.86. The molecule has 1 unspecified atom stereocenters. The smallest absolute Gasteiger partial charge is 0.261 e. The lowest BCUT2D eigenvalue weighted by Gasteiger charge is -2.07. The van der Waals surface area contributed by atoms with Crippen LogP contribution in [0.5, 0.6) is 0 Å². The molecule has 1 atom stereocenters. The predicted octanol–water partition coefficient (Wildman–Crippen LogP) is 2.19. The van der Waals surface area contributed by atoms with Gasteiger partial charge in [-0.3, -0.25) is 4.79 Å². The van der Waals surface area contributed by atoms with E-state index in [2.05, 4.69) is 5.32 Å². The molecule has 0 aliphatic heterocycles. The van der Waals surface area contributed by atoms with Crippen molar-refractivity contribution < 1.29 is 9.90 Å². The van der Waals surface area contributed by atoms with Gasteiger partial charge in [-0.1, -0.05) is 6.92 Å². The number of amides is 1. The van der Waals surface area contributed by atoms with E-state index in [4.69, 9.17) is 5.11 Å². The number of aliphatic hydroxyl groups excluding tert-OH is 1. The zero-order valence-corrected chi connectivity index (χ0v) is 10.6. The molecule has 1 aromatic rings. The zero-order chi connectivity index (χ0) is 12.0. The van der Waals surface area contributed by atoms with Gasteiger partial charge in [-0.15, -0.1) is 11.3 Å². The van der Waals surface area contributed by atoms with E-state index in [-0.39, 0.29) is 12.5 Å². The second kappa shape index (κ2) is 6.66. The molecule has 3 nitrogen and oxygen atoms in total. The number of thiophene rings is 1. The van der Waals surface area contributed by atoms with Crippen molar-refractivity contribution in [1.82, 2.24) is 5.32 Å². The minimum Gasteiger partial charge on any atom is -0.396 e. The quantitative estimate of drug-likeness (QED) is 0.750. The Labute approximate surface area is 100 Å². The Balaban J connectivity index is 2.21. The second-order valence-electron chi connectivity index (χ2n) is 4.10. The van der Waals surface area contributed by atoms with Gasteiger partial charge >= 0.3 is 0 Å². The van der Waals surface area contributed by atoms with Crippen molar-refractivity contribution in [3.05, 3.63) is 21.9 Å². The minimum atomic E-state index is 0.00903. The summed E-state index contributed by atoms with van der Waals surface area (Å²) in [5, 5.41) is 11.7. The van der Waals surface area contributed by atoms with Crippen LogP contribution in [0.15, 0.2) is 12.1 Å². The van der Waals surface area contributed by atoms with Crippen LogP contribution in [0.2, 0.25) is 0 Å². The summed E-state index contributed by atoms with van der Waals surface area (Å²) in [6.45, 7) is 4.90. The Morgan fingerprint density at radius 1 is 1.56 bits per heavy atom. The average Bonchev–Trinajstić information content (AvgIpc) is 2.70. The number of aliphatic hydroxyl groups is 1. The number of carbonyl (C=O) groups is 1. The van der Waals surface area contributed by atoms with Crippen molar-refractivity contribution in [2.45, 2.75) is 26.7 Å². The van der Waals surface area contributed by atoms with Crippen LogP contribution >= 0.6 is 11.3 Å². The first kappa shape index (κ1) is 13.2. The van der Waals surface area contributed by atoms with Crippen molar-refractivity contribution in [3.8, 4) is 0 Å². The van der Waals surface area contributed by atoms with Crippen LogP contribution in [0, 0.1) is 12.8 Å². The van der Waals surface area contributed by atoms with Crippen molar-refractivity contribution in [2.24, 2.45) is 5.92 Å². The van der Waals surface area contributed by atoms with Crippen LogP contribution in [0.3, 0.4) is 0 Å². The van der Waals surface area contributed by atoms with E-state index in [1.165, 1.54) is 11.3 Å². The topological polar surface area (TPSA) is 49.3 Å². The fourth-order valence-corrected chi connectivity index (χ4v) is 2.17. The highest BCUT2D eigenvalue weighted by atomic mass is 32.1. The van der Waals surface area contributed by atoms with E-state index >= 15 is 0 Å². The minimum absolute atomic E-state index is 0.00903. The molecule has 90 valence electrons. The van der Waals surface area contributed by atoms with Crippen LogP contribution in [0.1, 0.15) is 34.3 Å². The van der Waals surface area contributed by atoms with E-state index in [1.807, 2.05) is 26.0 Å². The summed E-state index contributed by atoms with van der Waals surface area (Å²) in [5.41, 5.74) is 0. The molecule has 4 heteroatoms. The molecule has 0 radical (unpaired) electrons. The molecule has 1 heterocycles. The maximum absolute atomic E-state index is 11.6. The molecule has 2 N–H and O–H groups in total. The number of aryl methyl sites for hydroxylation is 1. The summed E-state index contributed by atoms with van der Waals surface area (Å²) < 4.78 is 0. The first-order valence-electron chi connectivity index (χ1n) is 5.59. The number of hydrogen-bond donors (Lipinski definition) is 2. The van der Waals surface area contributed by atoms with E-state index in [9.17, 15) is 4.79 Å². The molecule has 0 aliphatic carbocycles. The third-order valence-corrected chi connectivity index (χ3v) is 3.43. The van der Waals surface area contributed by atoms with Gasteiger partial charge in [0.15, 0.2) is 0 Å². The summed E-state index contributed by atoms with van der Waals surface area (Å²) >= 11 is 1.51. The first-order valence-corrected chi connectivity index (χ1v) is 6.40. The third-order valence-electron chi connectivity index (χ3n) is 2.44. The van der Waals surface area contributed by atoms with Crippen molar-refractivity contribution >= 4 is 17.2 Å². The lowest BCUT2D eigenvalue weighted by atomic mass is 10.1. The molecular formula is C12H19NO2S. The molecule has 1 amide bonds. The Morgan fingerprint density at radius 2 is 2.31 bits per heavy atom. The van der Waals surface area contributed by atoms with Gasteiger partial charge in [0.05, 0.1) is 4.88 Å². The molecule has 1 rings (SSSR count). The van der Waals surface area contributed by atoms with Gasteiger partial charge in [-0.05, 0) is 37.8 Å². The van der Waals surface area contributed by atoms with Gasteiger partial charge in [0.2, 0.25) is 0 Å². The summed E-state index contributed by atoms with van der Waals surface area (Å²) in [5.74, 6) is 0.329. The largest absolute Gasteiger partial charge is 0.396 e. The maximum Gasteiger partial charge on any atom is 0.261 e. The van der Waals surface area contributed by atoms with Gasteiger partial charge < -0.3 is 10.4 Å². The molecule has 0 saturated heterocycles.